The maximum Gasteiger partial charge on any atom is 0.350 e. The van der Waals surface area contributed by atoms with Crippen LogP contribution in [0.2, 0.25) is 0 Å². The van der Waals surface area contributed by atoms with E-state index in [9.17, 15) is 38.0 Å². The summed E-state index contributed by atoms with van der Waals surface area (Å²) >= 11 is 0. The number of benzene rings is 1. The van der Waals surface area contributed by atoms with Gasteiger partial charge < -0.3 is 31.7 Å². The molecule has 0 aliphatic heterocycles. The average Bonchev–Trinajstić information content (AvgIpc) is 2.96. The number of nitrogens with one attached hydrogen (secondary N) is 5. The van der Waals surface area contributed by atoms with Gasteiger partial charge in [-0.1, -0.05) is 44.2 Å². The summed E-state index contributed by atoms with van der Waals surface area (Å²) in [5.41, 5.74) is 3.63. The topological polar surface area (TPSA) is 224 Å². The molecule has 0 saturated heterocycles. The Balaban J connectivity index is 2.16. The highest BCUT2D eigenvalue weighted by molar-refractivity contribution is 5.94. The van der Waals surface area contributed by atoms with E-state index in [1.54, 1.807) is 35.3 Å². The van der Waals surface area contributed by atoms with Gasteiger partial charge in [0.05, 0.1) is 25.9 Å². The van der Waals surface area contributed by atoms with Crippen molar-refractivity contribution >= 4 is 29.6 Å². The summed E-state index contributed by atoms with van der Waals surface area (Å²) in [4.78, 5) is 88.6. The van der Waals surface area contributed by atoms with Gasteiger partial charge in [0.15, 0.2) is 0 Å². The summed E-state index contributed by atoms with van der Waals surface area (Å²) in [6, 6.07) is 6.70. The number of esters is 1. The third-order valence-corrected chi connectivity index (χ3v) is 5.89. The van der Waals surface area contributed by atoms with Gasteiger partial charge in [0.25, 0.3) is 5.56 Å². The first-order valence-electron chi connectivity index (χ1n) is 13.4. The minimum atomic E-state index is -1.86. The number of carbonyl (C=O) groups is 5. The van der Waals surface area contributed by atoms with Crippen molar-refractivity contribution in [3.8, 4) is 0 Å². The number of halogens is 1. The van der Waals surface area contributed by atoms with E-state index in [1.807, 2.05) is 13.8 Å². The minimum Gasteiger partial charge on any atom is -0.463 e. The number of carbonyl (C=O) groups excluding carboxylic acids is 5. The molecule has 3 atom stereocenters. The summed E-state index contributed by atoms with van der Waals surface area (Å²) in [6.07, 6.45) is -1.14. The van der Waals surface area contributed by atoms with Crippen LogP contribution in [0.15, 0.2) is 46.1 Å². The second kappa shape index (κ2) is 16.5. The van der Waals surface area contributed by atoms with E-state index in [0.717, 1.165) is 5.56 Å². The van der Waals surface area contributed by atoms with Crippen molar-refractivity contribution in [1.29, 1.82) is 0 Å². The van der Waals surface area contributed by atoms with Gasteiger partial charge in [-0.2, -0.15) is 4.39 Å². The number of H-pyrrole nitrogens is 1. The van der Waals surface area contributed by atoms with E-state index in [-0.39, 0.29) is 31.9 Å². The van der Waals surface area contributed by atoms with Crippen LogP contribution in [0, 0.1) is 11.7 Å². The molecule has 0 aliphatic rings. The maximum atomic E-state index is 13.8. The quantitative estimate of drug-likeness (QED) is 0.126. The molecule has 0 bridgehead atoms. The fraction of sp³-hybridized carbons (Fsp3) is 0.444. The van der Waals surface area contributed by atoms with Crippen LogP contribution < -0.4 is 38.2 Å². The lowest BCUT2D eigenvalue weighted by Gasteiger charge is -2.24. The summed E-state index contributed by atoms with van der Waals surface area (Å²) < 4.78 is 19.1. The molecule has 234 valence electrons. The zero-order valence-electron chi connectivity index (χ0n) is 24.0. The Bertz CT molecular complexity index is 1410. The Morgan fingerprint density at radius 1 is 0.977 bits per heavy atom. The van der Waals surface area contributed by atoms with Gasteiger partial charge in [-0.05, 0) is 24.8 Å². The van der Waals surface area contributed by atoms with Crippen LogP contribution in [0.1, 0.15) is 38.9 Å². The van der Waals surface area contributed by atoms with E-state index < -0.39 is 71.5 Å². The molecule has 0 spiro atoms. The summed E-state index contributed by atoms with van der Waals surface area (Å²) in [6.45, 7) is 3.87. The Kier molecular flexibility index (Phi) is 13.2. The molecule has 0 aliphatic carbocycles. The number of nitrogens with two attached hydrogens (primary N) is 1. The molecule has 1 aromatic heterocycles. The fourth-order valence-electron chi connectivity index (χ4n) is 3.90. The van der Waals surface area contributed by atoms with Crippen molar-refractivity contribution in [3.63, 3.8) is 0 Å². The Morgan fingerprint density at radius 2 is 1.65 bits per heavy atom. The number of hydrogen-bond acceptors (Lipinski definition) is 9. The SMILES string of the molecule is CCOC(=O)C(NC(=O)CNC(=O)[C@H](CC(C)C)NC(=O)[C@H](Cc1ccccc1)NC(=O)CN)n1cc(F)c(=O)[nH]c1=O. The molecule has 1 unspecified atom stereocenters. The number of ether oxygens (including phenoxy) is 1. The molecule has 0 saturated carbocycles. The van der Waals surface area contributed by atoms with Crippen LogP contribution >= 0.6 is 0 Å². The highest BCUT2D eigenvalue weighted by Gasteiger charge is 2.29. The van der Waals surface area contributed by atoms with Crippen molar-refractivity contribution in [2.24, 2.45) is 11.7 Å². The number of nitrogens with zero attached hydrogens (tertiary/aromatic N) is 1. The molecule has 0 radical (unpaired) electrons. The fourth-order valence-corrected chi connectivity index (χ4v) is 3.90. The van der Waals surface area contributed by atoms with Crippen molar-refractivity contribution in [2.45, 2.75) is 51.9 Å². The Hall–Kier alpha value is -4.86. The molecule has 1 aromatic carbocycles. The summed E-state index contributed by atoms with van der Waals surface area (Å²) in [7, 11) is 0. The molecule has 2 aromatic rings. The molecular formula is C27H36FN7O8. The van der Waals surface area contributed by atoms with Crippen LogP contribution in [-0.2, 0) is 35.1 Å². The molecule has 7 N–H and O–H groups in total. The molecule has 2 rings (SSSR count). The predicted molar refractivity (Wildman–Crippen MR) is 151 cm³/mol. The van der Waals surface area contributed by atoms with Crippen LogP contribution in [-0.4, -0.2) is 70.9 Å². The third kappa shape index (κ3) is 10.8. The summed E-state index contributed by atoms with van der Waals surface area (Å²) in [5.74, 6) is -5.56. The second-order valence-corrected chi connectivity index (χ2v) is 9.79. The highest BCUT2D eigenvalue weighted by Crippen LogP contribution is 2.08. The van der Waals surface area contributed by atoms with Crippen LogP contribution in [0.25, 0.3) is 0 Å². The van der Waals surface area contributed by atoms with Gasteiger partial charge in [-0.25, -0.2) is 9.59 Å². The first kappa shape index (κ1) is 34.3. The molecule has 1 heterocycles. The number of hydrogen-bond donors (Lipinski definition) is 6. The monoisotopic (exact) mass is 605 g/mol. The van der Waals surface area contributed by atoms with Gasteiger partial charge in [-0.15, -0.1) is 0 Å². The number of rotatable bonds is 15. The van der Waals surface area contributed by atoms with Crippen LogP contribution in [0.4, 0.5) is 4.39 Å². The Morgan fingerprint density at radius 3 is 2.26 bits per heavy atom. The normalized spacial score (nSPS) is 12.9. The van der Waals surface area contributed by atoms with Crippen molar-refractivity contribution in [2.75, 3.05) is 19.7 Å². The lowest BCUT2D eigenvalue weighted by atomic mass is 10.0. The zero-order chi connectivity index (χ0) is 32.1. The van der Waals surface area contributed by atoms with Gasteiger partial charge >= 0.3 is 11.7 Å². The van der Waals surface area contributed by atoms with Crippen molar-refractivity contribution in [1.82, 2.24) is 30.8 Å². The van der Waals surface area contributed by atoms with E-state index in [0.29, 0.717) is 10.8 Å². The van der Waals surface area contributed by atoms with E-state index in [1.165, 1.54) is 6.92 Å². The van der Waals surface area contributed by atoms with Gasteiger partial charge in [0.2, 0.25) is 35.6 Å². The van der Waals surface area contributed by atoms with Gasteiger partial charge in [0, 0.05) is 6.42 Å². The molecule has 0 fully saturated rings. The maximum absolute atomic E-state index is 13.8. The molecule has 16 heteroatoms. The largest absolute Gasteiger partial charge is 0.463 e. The first-order valence-corrected chi connectivity index (χ1v) is 13.4. The number of amides is 4. The lowest BCUT2D eigenvalue weighted by Crippen LogP contribution is -2.56. The number of aromatic amines is 1. The van der Waals surface area contributed by atoms with Crippen molar-refractivity contribution < 1.29 is 33.1 Å². The molecular weight excluding hydrogens is 569 g/mol. The summed E-state index contributed by atoms with van der Waals surface area (Å²) in [5, 5.41) is 9.66. The third-order valence-electron chi connectivity index (χ3n) is 5.89. The molecule has 43 heavy (non-hydrogen) atoms. The average molecular weight is 606 g/mol. The molecule has 15 nitrogen and oxygen atoms in total. The first-order chi connectivity index (χ1) is 20.4. The van der Waals surface area contributed by atoms with Crippen LogP contribution in [0.5, 0.6) is 0 Å². The van der Waals surface area contributed by atoms with Gasteiger partial charge in [0.1, 0.15) is 12.1 Å². The standard InChI is InChI=1S/C27H36FN7O8/c1-4-43-26(41)22(35-14-17(28)23(38)34-27(35)42)33-21(37)13-30-24(39)18(10-15(2)3)32-25(40)19(31-20(36)12-29)11-16-8-6-5-7-9-16/h5-9,14-15,18-19,22H,4,10-13,29H2,1-3H3,(H,30,39)(H,31,36)(H,32,40)(H,33,37)(H,34,38,42)/t18-,19-,22?/m0/s1. The van der Waals surface area contributed by atoms with E-state index in [4.69, 9.17) is 10.5 Å². The van der Waals surface area contributed by atoms with E-state index >= 15 is 0 Å². The second-order valence-electron chi connectivity index (χ2n) is 9.79. The molecule has 4 amide bonds. The Labute approximate surface area is 245 Å². The number of aromatic nitrogens is 2. The van der Waals surface area contributed by atoms with Crippen LogP contribution in [0.3, 0.4) is 0 Å². The van der Waals surface area contributed by atoms with Gasteiger partial charge in [-0.3, -0.25) is 33.5 Å². The zero-order valence-corrected chi connectivity index (χ0v) is 24.0. The predicted octanol–water partition coefficient (Wildman–Crippen LogP) is -1.81. The van der Waals surface area contributed by atoms with Crippen molar-refractivity contribution in [3.05, 3.63) is 68.7 Å². The highest BCUT2D eigenvalue weighted by atomic mass is 19.1. The van der Waals surface area contributed by atoms with E-state index in [2.05, 4.69) is 21.3 Å². The lowest BCUT2D eigenvalue weighted by molar-refractivity contribution is -0.150. The minimum absolute atomic E-state index is 0.0775. The smallest absolute Gasteiger partial charge is 0.350 e.